The zero-order valence-corrected chi connectivity index (χ0v) is 14.7. The smallest absolute Gasteiger partial charge is 0.410 e. The van der Waals surface area contributed by atoms with E-state index in [0.717, 1.165) is 49.5 Å². The second kappa shape index (κ2) is 6.89. The van der Waals surface area contributed by atoms with Crippen molar-refractivity contribution in [2.75, 3.05) is 46.9 Å². The average molecular weight is 334 g/mol. The van der Waals surface area contributed by atoms with Crippen LogP contribution in [0.5, 0.6) is 11.5 Å². The van der Waals surface area contributed by atoms with Crippen LogP contribution >= 0.6 is 0 Å². The minimum atomic E-state index is -0.342. The Morgan fingerprint density at radius 3 is 2.83 bits per heavy atom. The fourth-order valence-corrected chi connectivity index (χ4v) is 3.56. The SMILES string of the molecule is COc1cc(C)ccc1OCCN1CCC[C@]2(C1)CN(C)C(=O)O2. The van der Waals surface area contributed by atoms with E-state index in [-0.39, 0.29) is 11.7 Å². The highest BCUT2D eigenvalue weighted by Gasteiger charge is 2.46. The molecule has 0 aromatic heterocycles. The third-order valence-electron chi connectivity index (χ3n) is 4.74. The molecule has 0 aliphatic carbocycles. The van der Waals surface area contributed by atoms with Crippen molar-refractivity contribution < 1.29 is 19.0 Å². The monoisotopic (exact) mass is 334 g/mol. The van der Waals surface area contributed by atoms with Gasteiger partial charge in [-0.1, -0.05) is 6.07 Å². The molecule has 0 N–H and O–H groups in total. The number of hydrogen-bond acceptors (Lipinski definition) is 5. The van der Waals surface area contributed by atoms with Gasteiger partial charge in [-0.15, -0.1) is 0 Å². The van der Waals surface area contributed by atoms with Crippen molar-refractivity contribution in [3.63, 3.8) is 0 Å². The maximum atomic E-state index is 11.7. The summed E-state index contributed by atoms with van der Waals surface area (Å²) in [7, 11) is 3.45. The van der Waals surface area contributed by atoms with E-state index >= 15 is 0 Å². The fraction of sp³-hybridized carbons (Fsp3) is 0.611. The number of carbonyl (C=O) groups excluding carboxylic acids is 1. The minimum absolute atomic E-state index is 0.211. The molecule has 2 heterocycles. The van der Waals surface area contributed by atoms with Gasteiger partial charge in [0.25, 0.3) is 0 Å². The van der Waals surface area contributed by atoms with E-state index < -0.39 is 0 Å². The normalized spacial score (nSPS) is 24.3. The van der Waals surface area contributed by atoms with Crippen LogP contribution in [0.1, 0.15) is 18.4 Å². The van der Waals surface area contributed by atoms with E-state index in [4.69, 9.17) is 14.2 Å². The number of aryl methyl sites for hydroxylation is 1. The Hall–Kier alpha value is -1.95. The summed E-state index contributed by atoms with van der Waals surface area (Å²) in [6.07, 6.45) is 1.76. The maximum Gasteiger partial charge on any atom is 0.410 e. The molecule has 24 heavy (non-hydrogen) atoms. The van der Waals surface area contributed by atoms with Gasteiger partial charge in [-0.2, -0.15) is 0 Å². The number of ether oxygens (including phenoxy) is 3. The molecule has 1 atom stereocenters. The van der Waals surface area contributed by atoms with Gasteiger partial charge in [0.1, 0.15) is 12.2 Å². The molecular weight excluding hydrogens is 308 g/mol. The van der Waals surface area contributed by atoms with E-state index in [1.165, 1.54) is 0 Å². The number of likely N-dealkylation sites (tertiary alicyclic amines) is 1. The van der Waals surface area contributed by atoms with Gasteiger partial charge < -0.3 is 19.1 Å². The van der Waals surface area contributed by atoms with Crippen LogP contribution in [-0.2, 0) is 4.74 Å². The van der Waals surface area contributed by atoms with Crippen molar-refractivity contribution in [2.45, 2.75) is 25.4 Å². The second-order valence-electron chi connectivity index (χ2n) is 6.79. The van der Waals surface area contributed by atoms with E-state index in [1.807, 2.05) is 25.1 Å². The van der Waals surface area contributed by atoms with Crippen molar-refractivity contribution >= 4 is 6.09 Å². The van der Waals surface area contributed by atoms with E-state index in [1.54, 1.807) is 19.1 Å². The molecule has 3 rings (SSSR count). The number of benzene rings is 1. The molecule has 0 saturated carbocycles. The molecule has 0 radical (unpaired) electrons. The number of likely N-dealkylation sites (N-methyl/N-ethyl adjacent to an activating group) is 1. The van der Waals surface area contributed by atoms with Crippen LogP contribution in [0.2, 0.25) is 0 Å². The van der Waals surface area contributed by atoms with Gasteiger partial charge >= 0.3 is 6.09 Å². The largest absolute Gasteiger partial charge is 0.493 e. The summed E-state index contributed by atoms with van der Waals surface area (Å²) in [4.78, 5) is 15.7. The number of carbonyl (C=O) groups is 1. The van der Waals surface area contributed by atoms with Crippen molar-refractivity contribution in [1.29, 1.82) is 0 Å². The predicted molar refractivity (Wildman–Crippen MR) is 90.7 cm³/mol. The topological polar surface area (TPSA) is 51.2 Å². The predicted octanol–water partition coefficient (Wildman–Crippen LogP) is 2.30. The molecule has 1 amide bonds. The Morgan fingerprint density at radius 2 is 2.12 bits per heavy atom. The van der Waals surface area contributed by atoms with Crippen molar-refractivity contribution in [3.05, 3.63) is 23.8 Å². The molecule has 0 bridgehead atoms. The molecule has 1 spiro atoms. The number of hydrogen-bond donors (Lipinski definition) is 0. The van der Waals surface area contributed by atoms with Gasteiger partial charge in [-0.25, -0.2) is 4.79 Å². The van der Waals surface area contributed by atoms with Crippen LogP contribution in [0, 0.1) is 6.92 Å². The van der Waals surface area contributed by atoms with Gasteiger partial charge in [0.2, 0.25) is 0 Å². The molecule has 1 aromatic carbocycles. The third-order valence-corrected chi connectivity index (χ3v) is 4.74. The standard InChI is InChI=1S/C18H26N2O4/c1-14-5-6-15(16(11-14)22-3)23-10-9-20-8-4-7-18(13-20)12-19(2)17(21)24-18/h5-6,11H,4,7-10,12-13H2,1-3H3/t18-/m1/s1. The Kier molecular flexibility index (Phi) is 4.85. The number of nitrogens with zero attached hydrogens (tertiary/aromatic N) is 2. The zero-order valence-electron chi connectivity index (χ0n) is 14.7. The van der Waals surface area contributed by atoms with E-state index in [2.05, 4.69) is 4.90 Å². The number of methoxy groups -OCH3 is 1. The Balaban J connectivity index is 1.53. The first-order chi connectivity index (χ1) is 11.5. The number of rotatable bonds is 5. The summed E-state index contributed by atoms with van der Waals surface area (Å²) in [5.41, 5.74) is 0.801. The van der Waals surface area contributed by atoms with Crippen LogP contribution in [0.25, 0.3) is 0 Å². The van der Waals surface area contributed by atoms with Crippen molar-refractivity contribution in [3.8, 4) is 11.5 Å². The lowest BCUT2D eigenvalue weighted by Gasteiger charge is -2.38. The zero-order chi connectivity index (χ0) is 17.2. The maximum absolute atomic E-state index is 11.7. The highest BCUT2D eigenvalue weighted by atomic mass is 16.6. The van der Waals surface area contributed by atoms with Gasteiger partial charge in [0.05, 0.1) is 13.7 Å². The van der Waals surface area contributed by atoms with E-state index in [0.29, 0.717) is 13.2 Å². The summed E-state index contributed by atoms with van der Waals surface area (Å²) < 4.78 is 16.9. The summed E-state index contributed by atoms with van der Waals surface area (Å²) in [5.74, 6) is 1.53. The van der Waals surface area contributed by atoms with Gasteiger partial charge in [-0.3, -0.25) is 4.90 Å². The summed E-state index contributed by atoms with van der Waals surface area (Å²) in [6, 6.07) is 5.93. The Labute approximate surface area is 143 Å². The molecule has 132 valence electrons. The lowest BCUT2D eigenvalue weighted by Crippen LogP contribution is -2.51. The van der Waals surface area contributed by atoms with Crippen LogP contribution in [-0.4, -0.2) is 68.4 Å². The molecule has 6 nitrogen and oxygen atoms in total. The van der Waals surface area contributed by atoms with Crippen molar-refractivity contribution in [1.82, 2.24) is 9.80 Å². The second-order valence-corrected chi connectivity index (χ2v) is 6.79. The first-order valence-electron chi connectivity index (χ1n) is 8.45. The first kappa shape index (κ1) is 16.9. The minimum Gasteiger partial charge on any atom is -0.493 e. The van der Waals surface area contributed by atoms with Crippen molar-refractivity contribution in [2.24, 2.45) is 0 Å². The first-order valence-corrected chi connectivity index (χ1v) is 8.45. The number of piperidine rings is 1. The molecule has 0 unspecified atom stereocenters. The fourth-order valence-electron chi connectivity index (χ4n) is 3.56. The van der Waals surface area contributed by atoms with Crippen LogP contribution < -0.4 is 9.47 Å². The quantitative estimate of drug-likeness (QED) is 0.827. The summed E-state index contributed by atoms with van der Waals surface area (Å²) in [5, 5.41) is 0. The third kappa shape index (κ3) is 3.59. The highest BCUT2D eigenvalue weighted by molar-refractivity contribution is 5.70. The van der Waals surface area contributed by atoms with Gasteiger partial charge in [0.15, 0.2) is 11.5 Å². The Bertz CT molecular complexity index is 607. The molecule has 2 fully saturated rings. The van der Waals surface area contributed by atoms with Gasteiger partial charge in [0, 0.05) is 20.1 Å². The number of amides is 1. The molecule has 2 aliphatic heterocycles. The molecule has 2 aliphatic rings. The summed E-state index contributed by atoms with van der Waals surface area (Å²) >= 11 is 0. The lowest BCUT2D eigenvalue weighted by molar-refractivity contribution is -0.0117. The molecule has 2 saturated heterocycles. The van der Waals surface area contributed by atoms with Crippen LogP contribution in [0.3, 0.4) is 0 Å². The molecular formula is C18H26N2O4. The van der Waals surface area contributed by atoms with Gasteiger partial charge in [-0.05, 0) is 44.0 Å². The highest BCUT2D eigenvalue weighted by Crippen LogP contribution is 2.31. The lowest BCUT2D eigenvalue weighted by atomic mass is 9.93. The molecule has 1 aromatic rings. The average Bonchev–Trinajstić information content (AvgIpc) is 2.82. The van der Waals surface area contributed by atoms with Crippen LogP contribution in [0.4, 0.5) is 4.79 Å². The molecule has 6 heteroatoms. The van der Waals surface area contributed by atoms with Crippen LogP contribution in [0.15, 0.2) is 18.2 Å². The Morgan fingerprint density at radius 1 is 1.29 bits per heavy atom. The summed E-state index contributed by atoms with van der Waals surface area (Å²) in [6.45, 7) is 5.88. The van der Waals surface area contributed by atoms with E-state index in [9.17, 15) is 4.79 Å².